The minimum Gasteiger partial charge on any atom is -0.335 e. The number of alkyl halides is 1. The van der Waals surface area contributed by atoms with Gasteiger partial charge in [-0.25, -0.2) is 0 Å². The Labute approximate surface area is 116 Å². The molecule has 4 heteroatoms. The van der Waals surface area contributed by atoms with Gasteiger partial charge >= 0.3 is 0 Å². The molecule has 1 atom stereocenters. The molecule has 17 heavy (non-hydrogen) atoms. The molecule has 0 N–H and O–H groups in total. The molecule has 0 saturated heterocycles. The monoisotopic (exact) mass is 317 g/mol. The lowest BCUT2D eigenvalue weighted by atomic mass is 10.2. The molecule has 2 nitrogen and oxygen atoms in total. The van der Waals surface area contributed by atoms with Crippen LogP contribution in [-0.2, 0) is 11.3 Å². The highest BCUT2D eigenvalue weighted by atomic mass is 79.9. The highest BCUT2D eigenvalue weighted by Gasteiger charge is 2.20. The molecular formula is C13H17BrClNO. The van der Waals surface area contributed by atoms with Gasteiger partial charge in [0.05, 0.1) is 4.83 Å². The van der Waals surface area contributed by atoms with E-state index in [9.17, 15) is 4.79 Å². The van der Waals surface area contributed by atoms with E-state index < -0.39 is 0 Å². The molecular weight excluding hydrogens is 302 g/mol. The van der Waals surface area contributed by atoms with E-state index in [0.29, 0.717) is 11.6 Å². The van der Waals surface area contributed by atoms with E-state index in [1.54, 1.807) is 0 Å². The average molecular weight is 319 g/mol. The number of carbonyl (C=O) groups is 1. The van der Waals surface area contributed by atoms with Crippen LogP contribution in [0.1, 0.15) is 26.3 Å². The van der Waals surface area contributed by atoms with Crippen LogP contribution in [0.2, 0.25) is 5.02 Å². The standard InChI is InChI=1S/C13H17BrClNO/c1-9(2)16(13(17)10(3)14)8-11-5-4-6-12(15)7-11/h4-7,9-10H,8H2,1-3H3. The first-order valence-electron chi connectivity index (χ1n) is 5.61. The lowest BCUT2D eigenvalue weighted by molar-refractivity contribution is -0.132. The molecule has 0 radical (unpaired) electrons. The maximum absolute atomic E-state index is 12.0. The molecule has 1 aromatic carbocycles. The van der Waals surface area contributed by atoms with Crippen molar-refractivity contribution in [3.63, 3.8) is 0 Å². The van der Waals surface area contributed by atoms with Gasteiger partial charge in [0.15, 0.2) is 0 Å². The van der Waals surface area contributed by atoms with E-state index in [4.69, 9.17) is 11.6 Å². The van der Waals surface area contributed by atoms with Crippen LogP contribution in [0, 0.1) is 0 Å². The summed E-state index contributed by atoms with van der Waals surface area (Å²) in [6, 6.07) is 7.77. The lowest BCUT2D eigenvalue weighted by Gasteiger charge is -2.28. The van der Waals surface area contributed by atoms with Crippen LogP contribution in [0.25, 0.3) is 0 Å². The first-order valence-corrected chi connectivity index (χ1v) is 6.90. The number of amides is 1. The van der Waals surface area contributed by atoms with Gasteiger partial charge in [0.2, 0.25) is 5.91 Å². The molecule has 0 aromatic heterocycles. The van der Waals surface area contributed by atoms with Crippen molar-refractivity contribution < 1.29 is 4.79 Å². The maximum atomic E-state index is 12.0. The minimum absolute atomic E-state index is 0.0972. The minimum atomic E-state index is -0.163. The van der Waals surface area contributed by atoms with E-state index in [1.807, 2.05) is 49.9 Å². The van der Waals surface area contributed by atoms with E-state index >= 15 is 0 Å². The normalized spacial score (nSPS) is 12.6. The number of hydrogen-bond donors (Lipinski definition) is 0. The molecule has 0 heterocycles. The van der Waals surface area contributed by atoms with Gasteiger partial charge in [-0.15, -0.1) is 0 Å². The zero-order valence-corrected chi connectivity index (χ0v) is 12.6. The zero-order valence-electron chi connectivity index (χ0n) is 10.3. The van der Waals surface area contributed by atoms with E-state index in [-0.39, 0.29) is 16.8 Å². The molecule has 0 aliphatic rings. The molecule has 1 aromatic rings. The SMILES string of the molecule is CC(Br)C(=O)N(Cc1cccc(Cl)c1)C(C)C. The Morgan fingerprint density at radius 2 is 2.06 bits per heavy atom. The molecule has 0 aliphatic carbocycles. The predicted octanol–water partition coefficient (Wildman–Crippen LogP) is 3.86. The van der Waals surface area contributed by atoms with Gasteiger partial charge in [-0.2, -0.15) is 0 Å². The van der Waals surface area contributed by atoms with Crippen molar-refractivity contribution in [2.75, 3.05) is 0 Å². The van der Waals surface area contributed by atoms with Crippen LogP contribution in [0.4, 0.5) is 0 Å². The number of rotatable bonds is 4. The molecule has 1 amide bonds. The van der Waals surface area contributed by atoms with Crippen molar-refractivity contribution in [1.29, 1.82) is 0 Å². The Hall–Kier alpha value is -0.540. The fourth-order valence-corrected chi connectivity index (χ4v) is 2.05. The molecule has 1 rings (SSSR count). The van der Waals surface area contributed by atoms with Crippen LogP contribution >= 0.6 is 27.5 Å². The Morgan fingerprint density at radius 1 is 1.41 bits per heavy atom. The molecule has 94 valence electrons. The van der Waals surface area contributed by atoms with Gasteiger partial charge in [0.1, 0.15) is 0 Å². The third kappa shape index (κ3) is 4.32. The fourth-order valence-electron chi connectivity index (χ4n) is 1.58. The Balaban J connectivity index is 2.84. The highest BCUT2D eigenvalue weighted by Crippen LogP contribution is 2.16. The summed E-state index contributed by atoms with van der Waals surface area (Å²) in [6.07, 6.45) is 0. The van der Waals surface area contributed by atoms with Gasteiger partial charge in [-0.1, -0.05) is 39.7 Å². The summed E-state index contributed by atoms with van der Waals surface area (Å²) in [5, 5.41) is 0.700. The second kappa shape index (κ2) is 6.41. The van der Waals surface area contributed by atoms with Crippen LogP contribution in [0.3, 0.4) is 0 Å². The Kier molecular flexibility index (Phi) is 5.47. The Morgan fingerprint density at radius 3 is 2.53 bits per heavy atom. The van der Waals surface area contributed by atoms with Crippen LogP contribution < -0.4 is 0 Å². The largest absolute Gasteiger partial charge is 0.335 e. The van der Waals surface area contributed by atoms with Crippen molar-refractivity contribution >= 4 is 33.4 Å². The summed E-state index contributed by atoms with van der Waals surface area (Å²) in [4.78, 5) is 13.7. The second-order valence-electron chi connectivity index (χ2n) is 4.31. The lowest BCUT2D eigenvalue weighted by Crippen LogP contribution is -2.39. The highest BCUT2D eigenvalue weighted by molar-refractivity contribution is 9.10. The number of hydrogen-bond acceptors (Lipinski definition) is 1. The maximum Gasteiger partial charge on any atom is 0.236 e. The van der Waals surface area contributed by atoms with Crippen molar-refractivity contribution in [2.45, 2.75) is 38.2 Å². The third-order valence-electron chi connectivity index (χ3n) is 2.49. The van der Waals surface area contributed by atoms with Gasteiger partial charge in [-0.05, 0) is 38.5 Å². The van der Waals surface area contributed by atoms with Gasteiger partial charge < -0.3 is 4.90 Å². The van der Waals surface area contributed by atoms with E-state index in [2.05, 4.69) is 15.9 Å². The third-order valence-corrected chi connectivity index (χ3v) is 3.12. The summed E-state index contributed by atoms with van der Waals surface area (Å²) in [5.41, 5.74) is 1.05. The topological polar surface area (TPSA) is 20.3 Å². The number of nitrogens with zero attached hydrogens (tertiary/aromatic N) is 1. The first kappa shape index (κ1) is 14.5. The molecule has 0 aliphatic heterocycles. The average Bonchev–Trinajstić information content (AvgIpc) is 2.24. The summed E-state index contributed by atoms with van der Waals surface area (Å²) in [5.74, 6) is 0.0972. The van der Waals surface area contributed by atoms with E-state index in [0.717, 1.165) is 5.56 Å². The zero-order chi connectivity index (χ0) is 13.0. The number of benzene rings is 1. The molecule has 1 unspecified atom stereocenters. The van der Waals surface area contributed by atoms with Crippen LogP contribution in [0.15, 0.2) is 24.3 Å². The van der Waals surface area contributed by atoms with Crippen molar-refractivity contribution in [3.05, 3.63) is 34.9 Å². The van der Waals surface area contributed by atoms with Crippen molar-refractivity contribution in [2.24, 2.45) is 0 Å². The fraction of sp³-hybridized carbons (Fsp3) is 0.462. The first-order chi connectivity index (χ1) is 7.91. The van der Waals surface area contributed by atoms with Crippen molar-refractivity contribution in [1.82, 2.24) is 4.90 Å². The second-order valence-corrected chi connectivity index (χ2v) is 6.12. The number of halogens is 2. The van der Waals surface area contributed by atoms with Crippen LogP contribution in [0.5, 0.6) is 0 Å². The quantitative estimate of drug-likeness (QED) is 0.772. The van der Waals surface area contributed by atoms with Crippen molar-refractivity contribution in [3.8, 4) is 0 Å². The van der Waals surface area contributed by atoms with Gasteiger partial charge in [-0.3, -0.25) is 4.79 Å². The summed E-state index contributed by atoms with van der Waals surface area (Å²) in [7, 11) is 0. The summed E-state index contributed by atoms with van der Waals surface area (Å²) < 4.78 is 0. The van der Waals surface area contributed by atoms with E-state index in [1.165, 1.54) is 0 Å². The van der Waals surface area contributed by atoms with Crippen LogP contribution in [-0.4, -0.2) is 21.7 Å². The molecule has 0 spiro atoms. The summed E-state index contributed by atoms with van der Waals surface area (Å²) >= 11 is 9.26. The smallest absolute Gasteiger partial charge is 0.236 e. The number of carbonyl (C=O) groups excluding carboxylic acids is 1. The van der Waals surface area contributed by atoms with Gasteiger partial charge in [0, 0.05) is 17.6 Å². The molecule has 0 saturated carbocycles. The molecule has 0 bridgehead atoms. The Bertz CT molecular complexity index is 393. The summed E-state index contributed by atoms with van der Waals surface area (Å²) in [6.45, 7) is 6.46. The molecule has 0 fully saturated rings. The predicted molar refractivity (Wildman–Crippen MR) is 75.5 cm³/mol. The van der Waals surface area contributed by atoms with Gasteiger partial charge in [0.25, 0.3) is 0 Å².